The van der Waals surface area contributed by atoms with Gasteiger partial charge in [-0.3, -0.25) is 0 Å². The van der Waals surface area contributed by atoms with Crippen molar-refractivity contribution in [2.24, 2.45) is 11.5 Å². The maximum Gasteiger partial charge on any atom is 0.0496 e. The van der Waals surface area contributed by atoms with Crippen LogP contribution in [0.4, 0.5) is 5.69 Å². The highest BCUT2D eigenvalue weighted by molar-refractivity contribution is 7.99. The molecule has 136 valence electrons. The average Bonchev–Trinajstić information content (AvgIpc) is 2.62. The minimum atomic E-state index is 0.666. The van der Waals surface area contributed by atoms with Crippen LogP contribution in [0.15, 0.2) is 58.3 Å². The molecule has 0 atom stereocenters. The fourth-order valence-corrected chi connectivity index (χ4v) is 3.67. The number of hydrogen-bond donors (Lipinski definition) is 3. The summed E-state index contributed by atoms with van der Waals surface area (Å²) in [5.41, 5.74) is 12.4. The van der Waals surface area contributed by atoms with Crippen molar-refractivity contribution in [3.05, 3.63) is 53.6 Å². The van der Waals surface area contributed by atoms with Gasteiger partial charge in [-0.15, -0.1) is 0 Å². The summed E-state index contributed by atoms with van der Waals surface area (Å²) in [7, 11) is 0. The first-order valence-electron chi connectivity index (χ1n) is 8.61. The molecule has 6 heteroatoms. The maximum atomic E-state index is 6.18. The Kier molecular flexibility index (Phi) is 9.15. The summed E-state index contributed by atoms with van der Waals surface area (Å²) < 4.78 is 0. The van der Waals surface area contributed by atoms with Gasteiger partial charge in [-0.25, -0.2) is 0 Å². The van der Waals surface area contributed by atoms with Crippen molar-refractivity contribution in [1.29, 1.82) is 0 Å². The molecule has 0 radical (unpaired) electrons. The molecule has 0 saturated heterocycles. The van der Waals surface area contributed by atoms with E-state index in [1.54, 1.807) is 11.8 Å². The molecule has 0 fully saturated rings. The van der Waals surface area contributed by atoms with Gasteiger partial charge in [0.25, 0.3) is 0 Å². The van der Waals surface area contributed by atoms with E-state index in [9.17, 15) is 0 Å². The van der Waals surface area contributed by atoms with Gasteiger partial charge in [0.05, 0.1) is 0 Å². The maximum absolute atomic E-state index is 6.18. The van der Waals surface area contributed by atoms with Crippen LogP contribution in [0.25, 0.3) is 0 Å². The second kappa shape index (κ2) is 11.4. The fourth-order valence-electron chi connectivity index (χ4n) is 2.57. The van der Waals surface area contributed by atoms with Crippen molar-refractivity contribution >= 4 is 29.1 Å². The molecule has 2 rings (SSSR count). The lowest BCUT2D eigenvalue weighted by molar-refractivity contribution is 0.288. The molecule has 0 spiro atoms. The van der Waals surface area contributed by atoms with Crippen molar-refractivity contribution in [1.82, 2.24) is 4.90 Å². The van der Waals surface area contributed by atoms with Gasteiger partial charge in [-0.05, 0) is 43.3 Å². The predicted octanol–water partition coefficient (Wildman–Crippen LogP) is 3.51. The van der Waals surface area contributed by atoms with Crippen LogP contribution in [-0.2, 0) is 0 Å². The second-order valence-electron chi connectivity index (χ2n) is 5.75. The van der Waals surface area contributed by atoms with Gasteiger partial charge in [-0.2, -0.15) is 0 Å². The fraction of sp³-hybridized carbons (Fsp3) is 0.368. The molecule has 0 bridgehead atoms. The first-order chi connectivity index (χ1) is 12.2. The van der Waals surface area contributed by atoms with Gasteiger partial charge in [0.2, 0.25) is 0 Å². The van der Waals surface area contributed by atoms with Crippen molar-refractivity contribution in [3.63, 3.8) is 0 Å². The predicted molar refractivity (Wildman–Crippen MR) is 110 cm³/mol. The zero-order chi connectivity index (χ0) is 17.9. The summed E-state index contributed by atoms with van der Waals surface area (Å²) >= 11 is 7.92. The van der Waals surface area contributed by atoms with E-state index in [0.29, 0.717) is 13.1 Å². The highest BCUT2D eigenvalue weighted by Crippen LogP contribution is 2.34. The largest absolute Gasteiger partial charge is 0.384 e. The standard InChI is InChI=1S/C19H27ClN4S/c20-16-7-8-19(25-17-5-2-1-3-6-17)18(15-16)23-11-4-12-24(13-9-21)14-10-22/h1-3,5-8,15,23H,4,9-14,21-22H2. The van der Waals surface area contributed by atoms with Crippen LogP contribution < -0.4 is 16.8 Å². The molecule has 2 aromatic carbocycles. The summed E-state index contributed by atoms with van der Waals surface area (Å²) in [5, 5.41) is 4.26. The summed E-state index contributed by atoms with van der Waals surface area (Å²) in [5.74, 6) is 0. The normalized spacial score (nSPS) is 11.0. The van der Waals surface area contributed by atoms with E-state index in [0.717, 1.165) is 43.3 Å². The summed E-state index contributed by atoms with van der Waals surface area (Å²) in [4.78, 5) is 4.69. The SMILES string of the molecule is NCCN(CCN)CCCNc1cc(Cl)ccc1Sc1ccccc1. The van der Waals surface area contributed by atoms with Gasteiger partial charge in [0.15, 0.2) is 0 Å². The van der Waals surface area contributed by atoms with Crippen LogP contribution in [0.2, 0.25) is 5.02 Å². The van der Waals surface area contributed by atoms with E-state index in [2.05, 4.69) is 40.5 Å². The van der Waals surface area contributed by atoms with Crippen molar-refractivity contribution < 1.29 is 0 Å². The number of nitrogens with two attached hydrogens (primary N) is 2. The molecule has 5 N–H and O–H groups in total. The first kappa shape index (κ1) is 20.1. The molecule has 4 nitrogen and oxygen atoms in total. The molecule has 0 aliphatic carbocycles. The van der Waals surface area contributed by atoms with E-state index in [-0.39, 0.29) is 0 Å². The molecular formula is C19H27ClN4S. The third-order valence-electron chi connectivity index (χ3n) is 3.77. The van der Waals surface area contributed by atoms with Crippen LogP contribution in [0.5, 0.6) is 0 Å². The van der Waals surface area contributed by atoms with Gasteiger partial charge in [0.1, 0.15) is 0 Å². The molecule has 0 amide bonds. The minimum absolute atomic E-state index is 0.666. The molecule has 0 unspecified atom stereocenters. The number of rotatable bonds is 11. The molecule has 0 aliphatic heterocycles. The lowest BCUT2D eigenvalue weighted by Gasteiger charge is -2.21. The van der Waals surface area contributed by atoms with Crippen molar-refractivity contribution in [2.75, 3.05) is 44.6 Å². The molecule has 25 heavy (non-hydrogen) atoms. The monoisotopic (exact) mass is 378 g/mol. The van der Waals surface area contributed by atoms with Gasteiger partial charge >= 0.3 is 0 Å². The van der Waals surface area contributed by atoms with E-state index < -0.39 is 0 Å². The third-order valence-corrected chi connectivity index (χ3v) is 5.09. The highest BCUT2D eigenvalue weighted by Gasteiger charge is 2.06. The van der Waals surface area contributed by atoms with E-state index in [4.69, 9.17) is 23.1 Å². The number of halogens is 1. The second-order valence-corrected chi connectivity index (χ2v) is 7.31. The Labute approximate surface area is 159 Å². The molecule has 2 aromatic rings. The van der Waals surface area contributed by atoms with Crippen LogP contribution in [-0.4, -0.2) is 44.2 Å². The van der Waals surface area contributed by atoms with E-state index in [1.807, 2.05) is 18.2 Å². The molecule has 0 aliphatic rings. The van der Waals surface area contributed by atoms with Crippen LogP contribution in [0, 0.1) is 0 Å². The zero-order valence-corrected chi connectivity index (χ0v) is 16.0. The number of nitrogens with one attached hydrogen (secondary N) is 1. The van der Waals surface area contributed by atoms with Gasteiger partial charge in [0, 0.05) is 53.2 Å². The average molecular weight is 379 g/mol. The Morgan fingerprint density at radius 2 is 1.68 bits per heavy atom. The molecule has 0 aromatic heterocycles. The Morgan fingerprint density at radius 3 is 2.36 bits per heavy atom. The molecular weight excluding hydrogens is 352 g/mol. The minimum Gasteiger partial charge on any atom is -0.384 e. The number of benzene rings is 2. The summed E-state index contributed by atoms with van der Waals surface area (Å²) in [6.07, 6.45) is 1.03. The topological polar surface area (TPSA) is 67.3 Å². The Balaban J connectivity index is 1.91. The summed E-state index contributed by atoms with van der Waals surface area (Å²) in [6.45, 7) is 4.99. The Bertz CT molecular complexity index is 618. The smallest absolute Gasteiger partial charge is 0.0496 e. The number of nitrogens with zero attached hydrogens (tertiary/aromatic N) is 1. The summed E-state index contributed by atoms with van der Waals surface area (Å²) in [6, 6.07) is 16.3. The Hall–Kier alpha value is -1.24. The van der Waals surface area contributed by atoms with Gasteiger partial charge in [-0.1, -0.05) is 41.6 Å². The van der Waals surface area contributed by atoms with Crippen LogP contribution >= 0.6 is 23.4 Å². The lowest BCUT2D eigenvalue weighted by atomic mass is 10.3. The van der Waals surface area contributed by atoms with E-state index in [1.165, 1.54) is 9.79 Å². The lowest BCUT2D eigenvalue weighted by Crippen LogP contribution is -2.35. The highest BCUT2D eigenvalue weighted by atomic mass is 35.5. The Morgan fingerprint density at radius 1 is 0.960 bits per heavy atom. The van der Waals surface area contributed by atoms with Crippen LogP contribution in [0.3, 0.4) is 0 Å². The van der Waals surface area contributed by atoms with Gasteiger partial charge < -0.3 is 21.7 Å². The third kappa shape index (κ3) is 7.26. The molecule has 0 saturated carbocycles. The number of anilines is 1. The van der Waals surface area contributed by atoms with E-state index >= 15 is 0 Å². The van der Waals surface area contributed by atoms with Crippen molar-refractivity contribution in [2.45, 2.75) is 16.2 Å². The number of hydrogen-bond acceptors (Lipinski definition) is 5. The molecule has 0 heterocycles. The first-order valence-corrected chi connectivity index (χ1v) is 9.81. The zero-order valence-electron chi connectivity index (χ0n) is 14.5. The van der Waals surface area contributed by atoms with Crippen molar-refractivity contribution in [3.8, 4) is 0 Å². The van der Waals surface area contributed by atoms with Crippen LogP contribution in [0.1, 0.15) is 6.42 Å². The quantitative estimate of drug-likeness (QED) is 0.522.